The predicted octanol–water partition coefficient (Wildman–Crippen LogP) is 4.26. The number of ether oxygens (including phenoxy) is 2. The van der Waals surface area contributed by atoms with Crippen LogP contribution in [0.1, 0.15) is 35.7 Å². The molecule has 0 atom stereocenters. The van der Waals surface area contributed by atoms with Gasteiger partial charge in [-0.3, -0.25) is 14.9 Å². The molecular weight excluding hydrogens is 398 g/mol. The van der Waals surface area contributed by atoms with Crippen molar-refractivity contribution in [2.75, 3.05) is 14.2 Å². The van der Waals surface area contributed by atoms with E-state index in [2.05, 4.69) is 20.7 Å². The second-order valence-electron chi connectivity index (χ2n) is 6.52. The Labute approximate surface area is 180 Å². The normalized spacial score (nSPS) is 11.4. The lowest BCUT2D eigenvalue weighted by atomic mass is 10.1. The van der Waals surface area contributed by atoms with Gasteiger partial charge in [0, 0.05) is 36.8 Å². The summed E-state index contributed by atoms with van der Waals surface area (Å²) in [4.78, 5) is 28.5. The van der Waals surface area contributed by atoms with E-state index in [1.165, 1.54) is 20.3 Å². The molecule has 0 saturated carbocycles. The van der Waals surface area contributed by atoms with E-state index in [0.29, 0.717) is 29.7 Å². The van der Waals surface area contributed by atoms with Gasteiger partial charge in [0.1, 0.15) is 5.70 Å². The summed E-state index contributed by atoms with van der Waals surface area (Å²) in [6.45, 7) is 1.93. The summed E-state index contributed by atoms with van der Waals surface area (Å²) in [5.74, 6) is -2.35. The third-order valence-electron chi connectivity index (χ3n) is 4.44. The average molecular weight is 423 g/mol. The van der Waals surface area contributed by atoms with Crippen LogP contribution in [0.25, 0.3) is 16.5 Å². The number of methoxy groups -OCH3 is 2. The predicted molar refractivity (Wildman–Crippen MR) is 117 cm³/mol. The van der Waals surface area contributed by atoms with E-state index < -0.39 is 17.7 Å². The van der Waals surface area contributed by atoms with Crippen molar-refractivity contribution in [2.24, 2.45) is 5.11 Å². The van der Waals surface area contributed by atoms with Crippen LogP contribution in [0.5, 0.6) is 0 Å². The lowest BCUT2D eigenvalue weighted by Crippen LogP contribution is -2.53. The molecule has 0 spiro atoms. The Hall–Kier alpha value is -3.65. The van der Waals surface area contributed by atoms with Crippen LogP contribution < -0.4 is 10.6 Å². The minimum absolute atomic E-state index is 0.0000319. The van der Waals surface area contributed by atoms with Crippen molar-refractivity contribution in [1.82, 2.24) is 10.6 Å². The summed E-state index contributed by atoms with van der Waals surface area (Å²) in [5.41, 5.74) is 9.98. The second kappa shape index (κ2) is 11.5. The first-order chi connectivity index (χ1) is 15.0. The Morgan fingerprint density at radius 3 is 2.29 bits per heavy atom. The lowest BCUT2D eigenvalue weighted by molar-refractivity contribution is -0.229. The molecule has 162 valence electrons. The van der Waals surface area contributed by atoms with Crippen molar-refractivity contribution in [2.45, 2.75) is 25.7 Å². The van der Waals surface area contributed by atoms with Gasteiger partial charge in [0.2, 0.25) is 0 Å². The Morgan fingerprint density at radius 1 is 1.10 bits per heavy atom. The van der Waals surface area contributed by atoms with Crippen LogP contribution in [0.15, 0.2) is 65.4 Å². The quantitative estimate of drug-likeness (QED) is 0.195. The SMILES string of the molecule is CCCC(NC(=O)/C(=C/c1ccc(N=[N+]=[N-])cc1)NC(=O)c1ccccc1)(OC)OC. The van der Waals surface area contributed by atoms with E-state index in [4.69, 9.17) is 15.0 Å². The van der Waals surface area contributed by atoms with E-state index >= 15 is 0 Å². The zero-order chi connectivity index (χ0) is 22.7. The summed E-state index contributed by atoms with van der Waals surface area (Å²) in [7, 11) is 2.86. The number of hydrogen-bond donors (Lipinski definition) is 2. The standard InChI is InChI=1S/C22H25N5O4/c1-4-14-22(30-2,31-3)25-21(29)19(24-20(28)17-8-6-5-7-9-17)15-16-10-12-18(13-11-16)26-27-23/h5-13,15H,4,14H2,1-3H3,(H,24,28)(H,25,29)/b19-15-. The zero-order valence-electron chi connectivity index (χ0n) is 17.7. The third-order valence-corrected chi connectivity index (χ3v) is 4.44. The number of carbonyl (C=O) groups is 2. The van der Waals surface area contributed by atoms with Crippen molar-refractivity contribution in [1.29, 1.82) is 0 Å². The van der Waals surface area contributed by atoms with Gasteiger partial charge in [-0.1, -0.05) is 54.5 Å². The van der Waals surface area contributed by atoms with Gasteiger partial charge in [0.05, 0.1) is 0 Å². The number of carbonyl (C=O) groups excluding carboxylic acids is 2. The van der Waals surface area contributed by atoms with Gasteiger partial charge in [0.15, 0.2) is 0 Å². The monoisotopic (exact) mass is 423 g/mol. The van der Waals surface area contributed by atoms with E-state index in [1.54, 1.807) is 54.6 Å². The number of nitrogens with zero attached hydrogens (tertiary/aromatic N) is 3. The van der Waals surface area contributed by atoms with E-state index in [0.717, 1.165) is 0 Å². The van der Waals surface area contributed by atoms with Gasteiger partial charge < -0.3 is 14.8 Å². The first-order valence-corrected chi connectivity index (χ1v) is 9.63. The molecule has 2 N–H and O–H groups in total. The van der Waals surface area contributed by atoms with Crippen LogP contribution >= 0.6 is 0 Å². The molecule has 0 heterocycles. The molecule has 2 aromatic rings. The smallest absolute Gasteiger partial charge is 0.271 e. The molecule has 0 saturated heterocycles. The average Bonchev–Trinajstić information content (AvgIpc) is 2.80. The molecule has 0 aromatic heterocycles. The van der Waals surface area contributed by atoms with Gasteiger partial charge >= 0.3 is 0 Å². The summed E-state index contributed by atoms with van der Waals surface area (Å²) >= 11 is 0. The number of hydrogen-bond acceptors (Lipinski definition) is 5. The molecule has 0 fully saturated rings. The van der Waals surface area contributed by atoms with Crippen molar-refractivity contribution < 1.29 is 19.1 Å². The van der Waals surface area contributed by atoms with Crippen LogP contribution in [0.4, 0.5) is 5.69 Å². The zero-order valence-corrected chi connectivity index (χ0v) is 17.7. The fourth-order valence-corrected chi connectivity index (χ4v) is 2.82. The van der Waals surface area contributed by atoms with Crippen LogP contribution in [-0.2, 0) is 14.3 Å². The third kappa shape index (κ3) is 6.68. The largest absolute Gasteiger partial charge is 0.336 e. The molecule has 0 bridgehead atoms. The molecule has 0 aliphatic heterocycles. The Morgan fingerprint density at radius 2 is 1.74 bits per heavy atom. The van der Waals surface area contributed by atoms with Gasteiger partial charge in [-0.25, -0.2) is 0 Å². The van der Waals surface area contributed by atoms with Crippen LogP contribution in [0, 0.1) is 0 Å². The Balaban J connectivity index is 2.37. The van der Waals surface area contributed by atoms with Gasteiger partial charge in [-0.05, 0) is 35.7 Å². The van der Waals surface area contributed by atoms with Crippen molar-refractivity contribution in [3.63, 3.8) is 0 Å². The maximum atomic E-state index is 13.1. The molecule has 2 aromatic carbocycles. The molecule has 9 nitrogen and oxygen atoms in total. The van der Waals surface area contributed by atoms with Crippen LogP contribution in [0.2, 0.25) is 0 Å². The fourth-order valence-electron chi connectivity index (χ4n) is 2.82. The van der Waals surface area contributed by atoms with Crippen LogP contribution in [0.3, 0.4) is 0 Å². The number of nitrogens with one attached hydrogen (secondary N) is 2. The minimum Gasteiger partial charge on any atom is -0.336 e. The summed E-state index contributed by atoms with van der Waals surface area (Å²) in [5, 5.41) is 8.88. The molecule has 0 aliphatic rings. The fraction of sp³-hybridized carbons (Fsp3) is 0.273. The first-order valence-electron chi connectivity index (χ1n) is 9.63. The molecule has 31 heavy (non-hydrogen) atoms. The van der Waals surface area contributed by atoms with Crippen molar-refractivity contribution >= 4 is 23.6 Å². The first kappa shape index (κ1) is 23.6. The molecule has 0 radical (unpaired) electrons. The number of amides is 2. The Kier molecular flexibility index (Phi) is 8.78. The maximum absolute atomic E-state index is 13.1. The summed E-state index contributed by atoms with van der Waals surface area (Å²) in [6.07, 6.45) is 2.61. The summed E-state index contributed by atoms with van der Waals surface area (Å²) < 4.78 is 10.8. The van der Waals surface area contributed by atoms with Gasteiger partial charge in [-0.2, -0.15) is 0 Å². The highest BCUT2D eigenvalue weighted by Crippen LogP contribution is 2.18. The molecule has 2 amide bonds. The topological polar surface area (TPSA) is 125 Å². The molecule has 9 heteroatoms. The minimum atomic E-state index is -1.33. The highest BCUT2D eigenvalue weighted by molar-refractivity contribution is 6.05. The van der Waals surface area contributed by atoms with E-state index in [9.17, 15) is 9.59 Å². The van der Waals surface area contributed by atoms with E-state index in [-0.39, 0.29) is 5.70 Å². The second-order valence-corrected chi connectivity index (χ2v) is 6.52. The molecule has 0 unspecified atom stereocenters. The molecular formula is C22H25N5O4. The highest BCUT2D eigenvalue weighted by atomic mass is 16.7. The number of benzene rings is 2. The van der Waals surface area contributed by atoms with E-state index in [1.807, 2.05) is 6.92 Å². The van der Waals surface area contributed by atoms with Gasteiger partial charge in [0.25, 0.3) is 17.7 Å². The van der Waals surface area contributed by atoms with Crippen LogP contribution in [-0.4, -0.2) is 31.9 Å². The molecule has 0 aliphatic carbocycles. The van der Waals surface area contributed by atoms with Gasteiger partial charge in [-0.15, -0.1) is 0 Å². The number of azide groups is 1. The molecule has 2 rings (SSSR count). The van der Waals surface area contributed by atoms with Crippen molar-refractivity contribution in [3.8, 4) is 0 Å². The summed E-state index contributed by atoms with van der Waals surface area (Å²) in [6, 6.07) is 15.1. The lowest BCUT2D eigenvalue weighted by Gasteiger charge is -2.31. The maximum Gasteiger partial charge on any atom is 0.271 e. The van der Waals surface area contributed by atoms with Crippen molar-refractivity contribution in [3.05, 3.63) is 81.9 Å². The highest BCUT2D eigenvalue weighted by Gasteiger charge is 2.32. The number of rotatable bonds is 10. The Bertz CT molecular complexity index is 963.